The van der Waals surface area contributed by atoms with Crippen LogP contribution in [0, 0.1) is 5.41 Å². The third-order valence-corrected chi connectivity index (χ3v) is 4.18. The number of carbonyl (C=O) groups excluding carboxylic acids is 2. The van der Waals surface area contributed by atoms with Crippen LogP contribution < -0.4 is 10.6 Å². The molecule has 0 saturated heterocycles. The lowest BCUT2D eigenvalue weighted by Crippen LogP contribution is -2.44. The number of carbonyl (C=O) groups is 2. The van der Waals surface area contributed by atoms with Gasteiger partial charge in [-0.1, -0.05) is 17.7 Å². The number of halogens is 4. The Kier molecular flexibility index (Phi) is 6.10. The van der Waals surface area contributed by atoms with Crippen LogP contribution in [0.4, 0.5) is 18.9 Å². The maximum atomic E-state index is 12.8. The lowest BCUT2D eigenvalue weighted by atomic mass is 9.90. The fraction of sp³-hybridized carbons (Fsp3) is 0.278. The van der Waals surface area contributed by atoms with Gasteiger partial charge < -0.3 is 10.6 Å². The third kappa shape index (κ3) is 5.19. The van der Waals surface area contributed by atoms with E-state index in [1.807, 2.05) is 0 Å². The summed E-state index contributed by atoms with van der Waals surface area (Å²) < 4.78 is 38.5. The van der Waals surface area contributed by atoms with Crippen molar-refractivity contribution >= 4 is 29.1 Å². The number of anilines is 1. The highest BCUT2D eigenvalue weighted by Crippen LogP contribution is 2.34. The van der Waals surface area contributed by atoms with Crippen molar-refractivity contribution in [1.29, 1.82) is 0 Å². The standard InChI is InChI=1S/C18H17ClF3N3O2/c1-17(2,15(26)24-10-11-4-3-7-23-9-11)16(27)25-14-8-12(18(20,21)22)5-6-13(14)19/h3-9H,10H2,1-2H3,(H,24,26)(H,25,27). The SMILES string of the molecule is CC(C)(C(=O)NCc1cccnc1)C(=O)Nc1cc(C(F)(F)F)ccc1Cl. The van der Waals surface area contributed by atoms with E-state index in [0.29, 0.717) is 0 Å². The van der Waals surface area contributed by atoms with Crippen molar-refractivity contribution in [1.82, 2.24) is 10.3 Å². The summed E-state index contributed by atoms with van der Waals surface area (Å²) in [6.07, 6.45) is -1.43. The number of pyridine rings is 1. The number of hydrogen-bond donors (Lipinski definition) is 2. The highest BCUT2D eigenvalue weighted by atomic mass is 35.5. The molecular formula is C18H17ClF3N3O2. The molecule has 2 N–H and O–H groups in total. The number of nitrogens with one attached hydrogen (secondary N) is 2. The second-order valence-electron chi connectivity index (χ2n) is 6.32. The van der Waals surface area contributed by atoms with E-state index >= 15 is 0 Å². The summed E-state index contributed by atoms with van der Waals surface area (Å²) in [5.74, 6) is -1.38. The molecule has 0 aliphatic carbocycles. The van der Waals surface area contributed by atoms with E-state index in [1.165, 1.54) is 13.8 Å². The van der Waals surface area contributed by atoms with Crippen LogP contribution in [-0.2, 0) is 22.3 Å². The van der Waals surface area contributed by atoms with Gasteiger partial charge in [-0.15, -0.1) is 0 Å². The predicted molar refractivity (Wildman–Crippen MR) is 94.9 cm³/mol. The molecule has 27 heavy (non-hydrogen) atoms. The van der Waals surface area contributed by atoms with Crippen LogP contribution in [0.3, 0.4) is 0 Å². The van der Waals surface area contributed by atoms with Gasteiger partial charge in [-0.05, 0) is 43.7 Å². The molecule has 1 aromatic carbocycles. The number of nitrogens with zero attached hydrogens (tertiary/aromatic N) is 1. The second-order valence-corrected chi connectivity index (χ2v) is 6.72. The average Bonchev–Trinajstić information content (AvgIpc) is 2.61. The molecule has 2 rings (SSSR count). The molecule has 0 unspecified atom stereocenters. The predicted octanol–water partition coefficient (Wildman–Crippen LogP) is 4.03. The first-order valence-corrected chi connectivity index (χ1v) is 8.25. The quantitative estimate of drug-likeness (QED) is 0.745. The molecular weight excluding hydrogens is 383 g/mol. The Hall–Kier alpha value is -2.61. The molecule has 9 heteroatoms. The van der Waals surface area contributed by atoms with E-state index in [9.17, 15) is 22.8 Å². The van der Waals surface area contributed by atoms with Crippen molar-refractivity contribution in [2.24, 2.45) is 5.41 Å². The average molecular weight is 400 g/mol. The molecule has 0 spiro atoms. The number of alkyl halides is 3. The van der Waals surface area contributed by atoms with E-state index in [4.69, 9.17) is 11.6 Å². The molecule has 5 nitrogen and oxygen atoms in total. The molecule has 1 heterocycles. The Morgan fingerprint density at radius 2 is 1.85 bits per heavy atom. The maximum Gasteiger partial charge on any atom is 0.416 e. The molecule has 0 saturated carbocycles. The fourth-order valence-corrected chi connectivity index (χ4v) is 2.25. The first-order chi connectivity index (χ1) is 12.5. The first-order valence-electron chi connectivity index (χ1n) is 7.87. The minimum absolute atomic E-state index is 0.0667. The Morgan fingerprint density at radius 1 is 1.15 bits per heavy atom. The summed E-state index contributed by atoms with van der Waals surface area (Å²) in [4.78, 5) is 28.8. The fourth-order valence-electron chi connectivity index (χ4n) is 2.09. The van der Waals surface area contributed by atoms with E-state index in [-0.39, 0.29) is 17.3 Å². The second kappa shape index (κ2) is 7.96. The molecule has 2 amide bonds. The summed E-state index contributed by atoms with van der Waals surface area (Å²) in [5, 5.41) is 4.83. The summed E-state index contributed by atoms with van der Waals surface area (Å²) in [6, 6.07) is 6.03. The van der Waals surface area contributed by atoms with Gasteiger partial charge in [0, 0.05) is 18.9 Å². The van der Waals surface area contributed by atoms with Crippen LogP contribution in [0.25, 0.3) is 0 Å². The van der Waals surface area contributed by atoms with Crippen molar-refractivity contribution in [2.45, 2.75) is 26.6 Å². The van der Waals surface area contributed by atoms with E-state index in [1.54, 1.807) is 24.5 Å². The topological polar surface area (TPSA) is 71.1 Å². The Balaban J connectivity index is 2.10. The van der Waals surface area contributed by atoms with Gasteiger partial charge in [-0.25, -0.2) is 0 Å². The van der Waals surface area contributed by atoms with Crippen molar-refractivity contribution in [3.8, 4) is 0 Å². The molecule has 1 aromatic heterocycles. The van der Waals surface area contributed by atoms with Crippen molar-refractivity contribution < 1.29 is 22.8 Å². The van der Waals surface area contributed by atoms with Crippen LogP contribution in [0.2, 0.25) is 5.02 Å². The Labute approximate surface area is 158 Å². The molecule has 0 aliphatic rings. The van der Waals surface area contributed by atoms with Crippen LogP contribution in [-0.4, -0.2) is 16.8 Å². The number of hydrogen-bond acceptors (Lipinski definition) is 3. The molecule has 0 aliphatic heterocycles. The highest BCUT2D eigenvalue weighted by Gasteiger charge is 2.37. The van der Waals surface area contributed by atoms with E-state index in [2.05, 4.69) is 15.6 Å². The highest BCUT2D eigenvalue weighted by molar-refractivity contribution is 6.34. The van der Waals surface area contributed by atoms with Crippen LogP contribution >= 0.6 is 11.6 Å². The molecule has 0 fully saturated rings. The first kappa shape index (κ1) is 20.7. The monoisotopic (exact) mass is 399 g/mol. The lowest BCUT2D eigenvalue weighted by Gasteiger charge is -2.23. The van der Waals surface area contributed by atoms with Gasteiger partial charge in [0.15, 0.2) is 0 Å². The van der Waals surface area contributed by atoms with E-state index < -0.39 is 29.0 Å². The summed E-state index contributed by atoms with van der Waals surface area (Å²) in [7, 11) is 0. The van der Waals surface area contributed by atoms with Crippen LogP contribution in [0.5, 0.6) is 0 Å². The summed E-state index contributed by atoms with van der Waals surface area (Å²) in [5.41, 5.74) is -1.98. The zero-order valence-electron chi connectivity index (χ0n) is 14.5. The maximum absolute atomic E-state index is 12.8. The molecule has 0 bridgehead atoms. The zero-order chi connectivity index (χ0) is 20.2. The van der Waals surface area contributed by atoms with Gasteiger partial charge in [-0.2, -0.15) is 13.2 Å². The van der Waals surface area contributed by atoms with Gasteiger partial charge >= 0.3 is 6.18 Å². The van der Waals surface area contributed by atoms with E-state index in [0.717, 1.165) is 23.8 Å². The summed E-state index contributed by atoms with van der Waals surface area (Å²) in [6.45, 7) is 2.89. The molecule has 0 radical (unpaired) electrons. The van der Waals surface area contributed by atoms with Gasteiger partial charge in [0.25, 0.3) is 0 Å². The van der Waals surface area contributed by atoms with Crippen molar-refractivity contribution in [3.63, 3.8) is 0 Å². The van der Waals surface area contributed by atoms with Gasteiger partial charge in [0.1, 0.15) is 5.41 Å². The van der Waals surface area contributed by atoms with Crippen molar-refractivity contribution in [2.75, 3.05) is 5.32 Å². The van der Waals surface area contributed by atoms with Gasteiger partial charge in [0.2, 0.25) is 11.8 Å². The summed E-state index contributed by atoms with van der Waals surface area (Å²) >= 11 is 5.87. The van der Waals surface area contributed by atoms with Crippen molar-refractivity contribution in [3.05, 3.63) is 58.9 Å². The molecule has 0 atom stereocenters. The Bertz CT molecular complexity index is 839. The van der Waals surface area contributed by atoms with Crippen LogP contribution in [0.1, 0.15) is 25.0 Å². The number of rotatable bonds is 5. The molecule has 2 aromatic rings. The zero-order valence-corrected chi connectivity index (χ0v) is 15.3. The molecule has 144 valence electrons. The number of amides is 2. The van der Waals surface area contributed by atoms with Gasteiger partial charge in [0.05, 0.1) is 16.3 Å². The Morgan fingerprint density at radius 3 is 2.44 bits per heavy atom. The minimum Gasteiger partial charge on any atom is -0.351 e. The smallest absolute Gasteiger partial charge is 0.351 e. The normalized spacial score (nSPS) is 11.8. The minimum atomic E-state index is -4.58. The largest absolute Gasteiger partial charge is 0.416 e. The van der Waals surface area contributed by atoms with Gasteiger partial charge in [-0.3, -0.25) is 14.6 Å². The van der Waals surface area contributed by atoms with Crippen LogP contribution in [0.15, 0.2) is 42.7 Å². The lowest BCUT2D eigenvalue weighted by molar-refractivity contribution is -0.139. The number of aromatic nitrogens is 1. The third-order valence-electron chi connectivity index (χ3n) is 3.85. The number of benzene rings is 1.